The number of H-pyrrole nitrogens is 1. The van der Waals surface area contributed by atoms with Crippen molar-refractivity contribution in [2.24, 2.45) is 0 Å². The van der Waals surface area contributed by atoms with Crippen LogP contribution in [0.4, 0.5) is 0 Å². The van der Waals surface area contributed by atoms with Crippen LogP contribution in [0.5, 0.6) is 0 Å². The van der Waals surface area contributed by atoms with E-state index in [4.69, 9.17) is 22.1 Å². The van der Waals surface area contributed by atoms with Gasteiger partial charge in [-0.15, -0.1) is 0 Å². The van der Waals surface area contributed by atoms with Gasteiger partial charge in [-0.05, 0) is 6.92 Å². The molecule has 0 saturated carbocycles. The van der Waals surface area contributed by atoms with E-state index in [0.29, 0.717) is 11.3 Å². The van der Waals surface area contributed by atoms with Crippen molar-refractivity contribution in [1.29, 1.82) is 0 Å². The highest BCUT2D eigenvalue weighted by Gasteiger charge is 2.43. The monoisotopic (exact) mass is 325 g/mol. The number of aromatic amines is 1. The summed E-state index contributed by atoms with van der Waals surface area (Å²) in [4.78, 5) is 18.2. The Morgan fingerprint density at radius 3 is 2.82 bits per heavy atom. The number of aliphatic hydroxyl groups is 3. The number of rotatable bonds is 2. The molecule has 4 N–H and O–H groups in total. The molecule has 0 spiro atoms. The molecule has 3 heterocycles. The number of aliphatic hydroxyl groups excluding tert-OH is 3. The number of ether oxygens (including phenoxy) is 1. The number of aromatic nitrogens is 3. The van der Waals surface area contributed by atoms with Crippen molar-refractivity contribution >= 4 is 18.0 Å². The first-order valence-electron chi connectivity index (χ1n) is 6.68. The first kappa shape index (κ1) is 15.3. The quantitative estimate of drug-likeness (QED) is 0.534. The van der Waals surface area contributed by atoms with Gasteiger partial charge in [0.05, 0.1) is 6.61 Å². The molecular weight excluding hydrogens is 310 g/mol. The SMILES string of the molecule is Cc1cc(=O)[nH]c2nc(=S)c(C3OC(CO)C(O)C3O)cn12. The molecule has 118 valence electrons. The Labute approximate surface area is 129 Å². The van der Waals surface area contributed by atoms with Gasteiger partial charge in [-0.1, -0.05) is 12.2 Å². The molecule has 3 rings (SSSR count). The van der Waals surface area contributed by atoms with Crippen molar-refractivity contribution in [3.63, 3.8) is 0 Å². The van der Waals surface area contributed by atoms with E-state index in [2.05, 4.69) is 9.97 Å². The Morgan fingerprint density at radius 2 is 2.18 bits per heavy atom. The summed E-state index contributed by atoms with van der Waals surface area (Å²) in [5.41, 5.74) is 0.750. The lowest BCUT2D eigenvalue weighted by molar-refractivity contribution is -0.0230. The van der Waals surface area contributed by atoms with Crippen molar-refractivity contribution in [2.75, 3.05) is 6.61 Å². The molecule has 0 radical (unpaired) electrons. The van der Waals surface area contributed by atoms with Gasteiger partial charge in [-0.2, -0.15) is 0 Å². The summed E-state index contributed by atoms with van der Waals surface area (Å²) in [6, 6.07) is 1.40. The number of hydrogen-bond donors (Lipinski definition) is 4. The largest absolute Gasteiger partial charge is 0.394 e. The predicted octanol–water partition coefficient (Wildman–Crippen LogP) is -0.785. The first-order valence-corrected chi connectivity index (χ1v) is 7.09. The molecule has 2 aromatic rings. The topological polar surface area (TPSA) is 120 Å². The van der Waals surface area contributed by atoms with E-state index in [1.54, 1.807) is 17.5 Å². The molecule has 0 bridgehead atoms. The minimum Gasteiger partial charge on any atom is -0.394 e. The highest BCUT2D eigenvalue weighted by molar-refractivity contribution is 7.71. The van der Waals surface area contributed by atoms with Crippen LogP contribution in [0, 0.1) is 11.6 Å². The van der Waals surface area contributed by atoms with Crippen LogP contribution in [0.25, 0.3) is 5.78 Å². The summed E-state index contributed by atoms with van der Waals surface area (Å²) in [6.07, 6.45) is -2.60. The van der Waals surface area contributed by atoms with Crippen molar-refractivity contribution in [3.05, 3.63) is 38.5 Å². The zero-order valence-electron chi connectivity index (χ0n) is 11.6. The van der Waals surface area contributed by atoms with E-state index in [0.717, 1.165) is 0 Å². The van der Waals surface area contributed by atoms with Gasteiger partial charge in [0, 0.05) is 23.5 Å². The molecule has 4 atom stereocenters. The van der Waals surface area contributed by atoms with Gasteiger partial charge in [0.25, 0.3) is 5.56 Å². The van der Waals surface area contributed by atoms with E-state index < -0.39 is 31.0 Å². The zero-order valence-corrected chi connectivity index (χ0v) is 12.4. The standard InChI is InChI=1S/C13H15N3O5S/c1-5-2-8(18)14-13-15-12(22)6(3-16(5)13)11-10(20)9(19)7(4-17)21-11/h2-3,7,9-11,17,19-20H,4H2,1H3,(H,14,15,18,22). The maximum Gasteiger partial charge on any atom is 0.252 e. The number of hydrogen-bond acceptors (Lipinski definition) is 7. The Hall–Kier alpha value is -1.65. The van der Waals surface area contributed by atoms with Crippen LogP contribution in [0.1, 0.15) is 17.4 Å². The second kappa shape index (κ2) is 5.52. The van der Waals surface area contributed by atoms with E-state index in [1.165, 1.54) is 6.07 Å². The van der Waals surface area contributed by atoms with Crippen LogP contribution >= 0.6 is 12.2 Å². The van der Waals surface area contributed by atoms with Gasteiger partial charge < -0.3 is 20.1 Å². The average molecular weight is 325 g/mol. The molecule has 0 aliphatic carbocycles. The molecule has 1 saturated heterocycles. The summed E-state index contributed by atoms with van der Waals surface area (Å²) < 4.78 is 7.23. The molecule has 2 aromatic heterocycles. The third-order valence-corrected chi connectivity index (χ3v) is 4.08. The van der Waals surface area contributed by atoms with Crippen LogP contribution in [0.15, 0.2) is 17.1 Å². The van der Waals surface area contributed by atoms with Gasteiger partial charge in [0.1, 0.15) is 29.1 Å². The molecule has 0 aromatic carbocycles. The predicted molar refractivity (Wildman–Crippen MR) is 78.1 cm³/mol. The number of aryl methyl sites for hydroxylation is 1. The van der Waals surface area contributed by atoms with Gasteiger partial charge in [0.2, 0.25) is 5.78 Å². The number of fused-ring (bicyclic) bond motifs is 1. The van der Waals surface area contributed by atoms with Crippen LogP contribution in [0.2, 0.25) is 0 Å². The maximum absolute atomic E-state index is 11.5. The van der Waals surface area contributed by atoms with Crippen molar-refractivity contribution < 1.29 is 20.1 Å². The van der Waals surface area contributed by atoms with Crippen LogP contribution in [0.3, 0.4) is 0 Å². The molecule has 1 aliphatic heterocycles. The average Bonchev–Trinajstić information content (AvgIpc) is 2.74. The van der Waals surface area contributed by atoms with E-state index in [-0.39, 0.29) is 16.0 Å². The number of nitrogens with zero attached hydrogens (tertiary/aromatic N) is 2. The normalized spacial score (nSPS) is 28.4. The van der Waals surface area contributed by atoms with Crippen molar-refractivity contribution in [3.8, 4) is 0 Å². The fourth-order valence-corrected chi connectivity index (χ4v) is 2.84. The minimum atomic E-state index is -1.22. The Kier molecular flexibility index (Phi) is 3.83. The van der Waals surface area contributed by atoms with Gasteiger partial charge >= 0.3 is 0 Å². The highest BCUT2D eigenvalue weighted by atomic mass is 32.1. The molecule has 22 heavy (non-hydrogen) atoms. The van der Waals surface area contributed by atoms with Crippen LogP contribution in [-0.2, 0) is 4.74 Å². The van der Waals surface area contributed by atoms with Gasteiger partial charge in [-0.25, -0.2) is 4.98 Å². The van der Waals surface area contributed by atoms with Crippen molar-refractivity contribution in [1.82, 2.24) is 14.4 Å². The van der Waals surface area contributed by atoms with E-state index in [1.807, 2.05) is 0 Å². The molecule has 1 fully saturated rings. The molecule has 9 heteroatoms. The molecule has 8 nitrogen and oxygen atoms in total. The summed E-state index contributed by atoms with van der Waals surface area (Å²) in [5, 5.41) is 29.1. The first-order chi connectivity index (χ1) is 10.4. The van der Waals surface area contributed by atoms with Gasteiger partial charge in [-0.3, -0.25) is 14.2 Å². The lowest BCUT2D eigenvalue weighted by atomic mass is 10.0. The fourth-order valence-electron chi connectivity index (χ4n) is 2.58. The van der Waals surface area contributed by atoms with E-state index in [9.17, 15) is 15.0 Å². The Morgan fingerprint density at radius 1 is 1.45 bits per heavy atom. The van der Waals surface area contributed by atoms with Crippen molar-refractivity contribution in [2.45, 2.75) is 31.3 Å². The number of nitrogens with one attached hydrogen (secondary N) is 1. The highest BCUT2D eigenvalue weighted by Crippen LogP contribution is 2.33. The minimum absolute atomic E-state index is 0.149. The molecule has 1 aliphatic rings. The lowest BCUT2D eigenvalue weighted by Gasteiger charge is -2.16. The Balaban J connectivity index is 2.14. The van der Waals surface area contributed by atoms with Crippen LogP contribution < -0.4 is 5.56 Å². The second-order valence-electron chi connectivity index (χ2n) is 5.23. The lowest BCUT2D eigenvalue weighted by Crippen LogP contribution is -2.32. The summed E-state index contributed by atoms with van der Waals surface area (Å²) in [7, 11) is 0. The maximum atomic E-state index is 11.5. The smallest absolute Gasteiger partial charge is 0.252 e. The molecular formula is C13H15N3O5S. The third-order valence-electron chi connectivity index (χ3n) is 3.75. The van der Waals surface area contributed by atoms with Gasteiger partial charge in [0.15, 0.2) is 0 Å². The van der Waals surface area contributed by atoms with E-state index >= 15 is 0 Å². The molecule has 4 unspecified atom stereocenters. The summed E-state index contributed by atoms with van der Waals surface area (Å²) in [6.45, 7) is 1.32. The fraction of sp³-hybridized carbons (Fsp3) is 0.462. The molecule has 0 amide bonds. The second-order valence-corrected chi connectivity index (χ2v) is 5.62. The third kappa shape index (κ3) is 2.36. The zero-order chi connectivity index (χ0) is 16.0. The van der Waals surface area contributed by atoms with Crippen LogP contribution in [-0.4, -0.2) is 54.6 Å². The summed E-state index contributed by atoms with van der Waals surface area (Å²) >= 11 is 5.19. The Bertz CT molecular complexity index is 833. The summed E-state index contributed by atoms with van der Waals surface area (Å²) in [5.74, 6) is 0.283.